The zero-order valence-corrected chi connectivity index (χ0v) is 19.4. The van der Waals surface area contributed by atoms with E-state index in [4.69, 9.17) is 23.2 Å². The van der Waals surface area contributed by atoms with Gasteiger partial charge in [-0.2, -0.15) is 9.40 Å². The minimum absolute atomic E-state index is 0.145. The lowest BCUT2D eigenvalue weighted by atomic mass is 10.2. The molecule has 0 bridgehead atoms. The van der Waals surface area contributed by atoms with Gasteiger partial charge >= 0.3 is 0 Å². The number of hydrogen-bond donors (Lipinski definition) is 1. The van der Waals surface area contributed by atoms with E-state index in [2.05, 4.69) is 10.4 Å². The van der Waals surface area contributed by atoms with Gasteiger partial charge < -0.3 is 5.32 Å². The fraction of sp³-hybridized carbons (Fsp3) is 0.238. The highest BCUT2D eigenvalue weighted by atomic mass is 35.5. The molecule has 3 rings (SSSR count). The lowest BCUT2D eigenvalue weighted by Crippen LogP contribution is -2.30. The highest BCUT2D eigenvalue weighted by Crippen LogP contribution is 2.26. The van der Waals surface area contributed by atoms with Gasteiger partial charge in [-0.25, -0.2) is 13.1 Å². The number of aromatic nitrogens is 2. The number of hydrogen-bond acceptors (Lipinski definition) is 4. The first kappa shape index (κ1) is 23.3. The fourth-order valence-corrected chi connectivity index (χ4v) is 5.05. The summed E-state index contributed by atoms with van der Waals surface area (Å²) in [5, 5.41) is 8.02. The summed E-state index contributed by atoms with van der Waals surface area (Å²) in [5.41, 5.74) is 1.01. The van der Waals surface area contributed by atoms with Crippen LogP contribution in [0.2, 0.25) is 10.0 Å². The van der Waals surface area contributed by atoms with Gasteiger partial charge in [-0.3, -0.25) is 4.79 Å². The Hall–Kier alpha value is -2.39. The number of nitrogens with one attached hydrogen (secondary N) is 1. The molecule has 0 spiro atoms. The zero-order chi connectivity index (χ0) is 22.6. The standard InChI is InChI=1S/C21H22Cl2N4O3S/c1-3-26(4-2)31(29,30)16-10-8-15(9-11-16)21(28)25-20-12-13-24-27(20)14-17-18(22)6-5-7-19(17)23/h5-13H,3-4,14H2,1-2H3,(H,25,28). The molecule has 7 nitrogen and oxygen atoms in total. The first-order chi connectivity index (χ1) is 14.8. The molecule has 1 amide bonds. The van der Waals surface area contributed by atoms with Crippen LogP contribution in [0.1, 0.15) is 29.8 Å². The predicted octanol–water partition coefficient (Wildman–Crippen LogP) is 4.52. The molecule has 10 heteroatoms. The SMILES string of the molecule is CCN(CC)S(=O)(=O)c1ccc(C(=O)Nc2ccnn2Cc2c(Cl)cccc2Cl)cc1. The van der Waals surface area contributed by atoms with Crippen molar-refractivity contribution in [3.8, 4) is 0 Å². The highest BCUT2D eigenvalue weighted by Gasteiger charge is 2.22. The first-order valence-electron chi connectivity index (χ1n) is 9.64. The van der Waals surface area contributed by atoms with Crippen LogP contribution in [-0.4, -0.2) is 41.5 Å². The van der Waals surface area contributed by atoms with Gasteiger partial charge in [-0.05, 0) is 36.4 Å². The van der Waals surface area contributed by atoms with Gasteiger partial charge in [0.1, 0.15) is 5.82 Å². The lowest BCUT2D eigenvalue weighted by molar-refractivity contribution is 0.102. The Morgan fingerprint density at radius 2 is 1.65 bits per heavy atom. The van der Waals surface area contributed by atoms with Crippen molar-refractivity contribution < 1.29 is 13.2 Å². The van der Waals surface area contributed by atoms with Crippen LogP contribution in [0.5, 0.6) is 0 Å². The van der Waals surface area contributed by atoms with Gasteiger partial charge in [0.15, 0.2) is 0 Å². The third-order valence-electron chi connectivity index (χ3n) is 4.79. The number of carbonyl (C=O) groups excluding carboxylic acids is 1. The van der Waals surface area contributed by atoms with Crippen molar-refractivity contribution in [1.82, 2.24) is 14.1 Å². The first-order valence-corrected chi connectivity index (χ1v) is 11.8. The molecule has 0 radical (unpaired) electrons. The minimum Gasteiger partial charge on any atom is -0.307 e. The highest BCUT2D eigenvalue weighted by molar-refractivity contribution is 7.89. The van der Waals surface area contributed by atoms with Gasteiger partial charge in [-0.1, -0.05) is 43.1 Å². The van der Waals surface area contributed by atoms with Gasteiger partial charge in [0.25, 0.3) is 5.91 Å². The quantitative estimate of drug-likeness (QED) is 0.513. The summed E-state index contributed by atoms with van der Waals surface area (Å²) >= 11 is 12.5. The number of amides is 1. The monoisotopic (exact) mass is 480 g/mol. The second-order valence-corrected chi connectivity index (χ2v) is 9.39. The molecule has 0 aliphatic carbocycles. The maximum atomic E-state index is 12.7. The topological polar surface area (TPSA) is 84.3 Å². The van der Waals surface area contributed by atoms with E-state index in [1.54, 1.807) is 49.0 Å². The van der Waals surface area contributed by atoms with E-state index in [1.165, 1.54) is 28.6 Å². The Kier molecular flexibility index (Phi) is 7.38. The van der Waals surface area contributed by atoms with E-state index in [9.17, 15) is 13.2 Å². The van der Waals surface area contributed by atoms with Crippen molar-refractivity contribution in [3.63, 3.8) is 0 Å². The summed E-state index contributed by atoms with van der Waals surface area (Å²) in [6, 6.07) is 12.7. The molecule has 0 atom stereocenters. The third kappa shape index (κ3) is 5.10. The average Bonchev–Trinajstić information content (AvgIpc) is 3.18. The molecule has 2 aromatic carbocycles. The molecule has 0 aliphatic rings. The van der Waals surface area contributed by atoms with Crippen LogP contribution >= 0.6 is 23.2 Å². The normalized spacial score (nSPS) is 11.6. The summed E-state index contributed by atoms with van der Waals surface area (Å²) in [5.74, 6) is 0.0691. The maximum absolute atomic E-state index is 12.7. The number of benzene rings is 2. The van der Waals surface area contributed by atoms with Crippen molar-refractivity contribution in [3.05, 3.63) is 75.9 Å². The van der Waals surface area contributed by atoms with Crippen molar-refractivity contribution in [2.24, 2.45) is 0 Å². The van der Waals surface area contributed by atoms with E-state index in [0.29, 0.717) is 40.1 Å². The van der Waals surface area contributed by atoms with E-state index >= 15 is 0 Å². The molecule has 1 N–H and O–H groups in total. The molecular formula is C21H22Cl2N4O3S. The predicted molar refractivity (Wildman–Crippen MR) is 122 cm³/mol. The molecule has 1 aromatic heterocycles. The second-order valence-electron chi connectivity index (χ2n) is 6.64. The Morgan fingerprint density at radius 3 is 2.23 bits per heavy atom. The molecule has 0 saturated carbocycles. The largest absolute Gasteiger partial charge is 0.307 e. The number of nitrogens with zero attached hydrogens (tertiary/aromatic N) is 3. The number of anilines is 1. The van der Waals surface area contributed by atoms with Gasteiger partial charge in [0.2, 0.25) is 10.0 Å². The molecule has 1 heterocycles. The van der Waals surface area contributed by atoms with Crippen LogP contribution in [0.4, 0.5) is 5.82 Å². The summed E-state index contributed by atoms with van der Waals surface area (Å²) in [4.78, 5) is 12.8. The van der Waals surface area contributed by atoms with Gasteiger partial charge in [-0.15, -0.1) is 0 Å². The molecule has 3 aromatic rings. The van der Waals surface area contributed by atoms with E-state index in [-0.39, 0.29) is 11.4 Å². The Labute approximate surface area is 191 Å². The van der Waals surface area contributed by atoms with Crippen molar-refractivity contribution in [2.45, 2.75) is 25.3 Å². The van der Waals surface area contributed by atoms with Crippen LogP contribution in [0.25, 0.3) is 0 Å². The molecule has 0 aliphatic heterocycles. The lowest BCUT2D eigenvalue weighted by Gasteiger charge is -2.18. The molecule has 31 heavy (non-hydrogen) atoms. The molecular weight excluding hydrogens is 459 g/mol. The fourth-order valence-electron chi connectivity index (χ4n) is 3.08. The van der Waals surface area contributed by atoms with E-state index in [1.807, 2.05) is 0 Å². The molecule has 0 fully saturated rings. The zero-order valence-electron chi connectivity index (χ0n) is 17.0. The number of rotatable bonds is 8. The summed E-state index contributed by atoms with van der Waals surface area (Å²) in [6.45, 7) is 4.59. The number of halogens is 2. The Bertz CT molecular complexity index is 1150. The van der Waals surface area contributed by atoms with Crippen LogP contribution in [-0.2, 0) is 16.6 Å². The van der Waals surface area contributed by atoms with Crippen molar-refractivity contribution in [2.75, 3.05) is 18.4 Å². The van der Waals surface area contributed by atoms with Crippen LogP contribution in [0.15, 0.2) is 59.6 Å². The number of carbonyl (C=O) groups is 1. The summed E-state index contributed by atoms with van der Waals surface area (Å²) in [6.07, 6.45) is 1.56. The smallest absolute Gasteiger partial charge is 0.256 e. The molecule has 0 unspecified atom stereocenters. The summed E-state index contributed by atoms with van der Waals surface area (Å²) < 4.78 is 28.1. The minimum atomic E-state index is -3.58. The van der Waals surface area contributed by atoms with Crippen molar-refractivity contribution >= 4 is 45.0 Å². The molecule has 164 valence electrons. The van der Waals surface area contributed by atoms with Crippen LogP contribution < -0.4 is 5.32 Å². The van der Waals surface area contributed by atoms with E-state index in [0.717, 1.165) is 0 Å². The van der Waals surface area contributed by atoms with Crippen LogP contribution in [0, 0.1) is 0 Å². The second kappa shape index (κ2) is 9.82. The van der Waals surface area contributed by atoms with Crippen molar-refractivity contribution in [1.29, 1.82) is 0 Å². The van der Waals surface area contributed by atoms with Gasteiger partial charge in [0, 0.05) is 40.3 Å². The molecule has 0 saturated heterocycles. The Morgan fingerprint density at radius 1 is 1.03 bits per heavy atom. The number of sulfonamides is 1. The average molecular weight is 481 g/mol. The Balaban J connectivity index is 1.77. The summed E-state index contributed by atoms with van der Waals surface area (Å²) in [7, 11) is -3.58. The van der Waals surface area contributed by atoms with Gasteiger partial charge in [0.05, 0.1) is 17.6 Å². The van der Waals surface area contributed by atoms with Crippen LogP contribution in [0.3, 0.4) is 0 Å². The van der Waals surface area contributed by atoms with E-state index < -0.39 is 15.9 Å². The third-order valence-corrected chi connectivity index (χ3v) is 7.56. The maximum Gasteiger partial charge on any atom is 0.256 e.